The minimum absolute atomic E-state index is 0.170. The molecule has 516 valence electrons. The summed E-state index contributed by atoms with van der Waals surface area (Å²) in [6, 6.07) is 29.1. The average Bonchev–Trinajstić information content (AvgIpc) is 1.62. The number of esters is 3. The monoisotopic (exact) mass is 1330 g/mol. The predicted octanol–water partition coefficient (Wildman–Crippen LogP) is 8.52. The van der Waals surface area contributed by atoms with Crippen molar-refractivity contribution in [1.82, 2.24) is 16.0 Å². The van der Waals surface area contributed by atoms with E-state index in [0.717, 1.165) is 55.6 Å². The second kappa shape index (κ2) is 36.9. The summed E-state index contributed by atoms with van der Waals surface area (Å²) in [6.45, 7) is 32.2. The first-order valence-corrected chi connectivity index (χ1v) is 30.6. The quantitative estimate of drug-likeness (QED) is 0.0315. The van der Waals surface area contributed by atoms with Crippen molar-refractivity contribution in [3.63, 3.8) is 0 Å². The maximum absolute atomic E-state index is 12.4. The van der Waals surface area contributed by atoms with Gasteiger partial charge in [0.2, 0.25) is 0 Å². The van der Waals surface area contributed by atoms with Gasteiger partial charge in [-0.15, -0.1) is 0 Å². The maximum atomic E-state index is 12.4. The van der Waals surface area contributed by atoms with Crippen LogP contribution in [0.3, 0.4) is 0 Å². The number of aryl methyl sites for hydroxylation is 8. The molecule has 4 atom stereocenters. The smallest absolute Gasteiger partial charge is 0.491 e. The minimum Gasteiger partial charge on any atom is -0.507 e. The SMILES string of the molecule is C[C@H](NC(=O)OC(C)(C)C)C(=O)O.Cc1cccc(C)c1O.Cc1cccc(C)c1OC(=O)[C@H](C)N.Cc1cccc(C)c1OC(=O)[C@H](C)NC(=O)OC(C)(C)C.Cc1cccc(C)c1OC(=O)[C@H](C)NC(=O)c1ccc2c(c1)B(O)OC2.O=C(O)c1ccc2c(c1)B(O)OC2. The van der Waals surface area contributed by atoms with Gasteiger partial charge in [-0.05, 0) is 215 Å². The molecule has 0 aliphatic carbocycles. The number of phenols is 1. The Balaban J connectivity index is 0.000000311. The number of aliphatic carboxylic acids is 1. The number of alkyl carbamates (subject to hydrolysis) is 2. The molecule has 0 fully saturated rings. The molecule has 0 radical (unpaired) electrons. The van der Waals surface area contributed by atoms with E-state index in [9.17, 15) is 53.5 Å². The van der Waals surface area contributed by atoms with E-state index in [-0.39, 0.29) is 5.56 Å². The normalized spacial score (nSPS) is 12.9. The van der Waals surface area contributed by atoms with Gasteiger partial charge in [0.15, 0.2) is 0 Å². The number of carbonyl (C=O) groups is 8. The number of hydrogen-bond donors (Lipinski definition) is 9. The van der Waals surface area contributed by atoms with E-state index in [1.807, 2.05) is 128 Å². The number of ether oxygens (including phenoxy) is 5. The molecule has 0 aromatic heterocycles. The molecule has 3 amide bonds. The predicted molar refractivity (Wildman–Crippen MR) is 363 cm³/mol. The number of hydrogen-bond acceptors (Lipinski definition) is 19. The molecule has 0 saturated heterocycles. The highest BCUT2D eigenvalue weighted by Gasteiger charge is 2.31. The van der Waals surface area contributed by atoms with Gasteiger partial charge in [-0.1, -0.05) is 84.9 Å². The zero-order chi connectivity index (χ0) is 72.7. The molecule has 2 heterocycles. The molecule has 6 aromatic carbocycles. The lowest BCUT2D eigenvalue weighted by Gasteiger charge is -2.21. The van der Waals surface area contributed by atoms with Gasteiger partial charge in [0.25, 0.3) is 5.91 Å². The van der Waals surface area contributed by atoms with Gasteiger partial charge >= 0.3 is 56.3 Å². The average molecular weight is 1330 g/mol. The third kappa shape index (κ3) is 26.7. The molecule has 96 heavy (non-hydrogen) atoms. The van der Waals surface area contributed by atoms with E-state index in [0.29, 0.717) is 52.7 Å². The third-order valence-corrected chi connectivity index (χ3v) is 13.7. The Morgan fingerprint density at radius 3 is 1.10 bits per heavy atom. The summed E-state index contributed by atoms with van der Waals surface area (Å²) in [6.07, 6.45) is -1.36. The van der Waals surface area contributed by atoms with Crippen LogP contribution >= 0.6 is 0 Å². The Morgan fingerprint density at radius 1 is 0.469 bits per heavy atom. The van der Waals surface area contributed by atoms with Crippen molar-refractivity contribution in [3.05, 3.63) is 176 Å². The molecule has 26 heteroatoms. The second-order valence-corrected chi connectivity index (χ2v) is 24.7. The molecule has 2 aliphatic rings. The number of nitrogens with one attached hydrogen (secondary N) is 3. The Bertz CT molecular complexity index is 3630. The lowest BCUT2D eigenvalue weighted by Crippen LogP contribution is -2.43. The molecule has 2 aliphatic heterocycles. The van der Waals surface area contributed by atoms with Gasteiger partial charge < -0.3 is 80.0 Å². The van der Waals surface area contributed by atoms with Gasteiger partial charge in [-0.3, -0.25) is 9.59 Å². The van der Waals surface area contributed by atoms with Crippen LogP contribution in [0.4, 0.5) is 9.59 Å². The fraction of sp³-hybridized carbons (Fsp3) is 0.371. The fourth-order valence-electron chi connectivity index (χ4n) is 8.39. The highest BCUT2D eigenvalue weighted by molar-refractivity contribution is 6.62. The van der Waals surface area contributed by atoms with Crippen molar-refractivity contribution >= 4 is 73.1 Å². The lowest BCUT2D eigenvalue weighted by atomic mass is 9.79. The second-order valence-electron chi connectivity index (χ2n) is 24.7. The summed E-state index contributed by atoms with van der Waals surface area (Å²) in [5.41, 5.74) is 14.7. The van der Waals surface area contributed by atoms with E-state index >= 15 is 0 Å². The number of benzene rings is 6. The zero-order valence-corrected chi connectivity index (χ0v) is 57.7. The number of aromatic hydroxyl groups is 1. The first kappa shape index (κ1) is 80.6. The molecule has 0 spiro atoms. The number of para-hydroxylation sites is 4. The topological polar surface area (TPSA) is 364 Å². The van der Waals surface area contributed by atoms with E-state index in [1.54, 1.807) is 86.6 Å². The summed E-state index contributed by atoms with van der Waals surface area (Å²) in [5.74, 6) is -1.91. The number of carbonyl (C=O) groups excluding carboxylic acids is 6. The van der Waals surface area contributed by atoms with Crippen LogP contribution in [0.2, 0.25) is 0 Å². The highest BCUT2D eigenvalue weighted by atomic mass is 16.6. The van der Waals surface area contributed by atoms with Crippen LogP contribution in [0, 0.1) is 55.4 Å². The molecular weight excluding hydrogens is 1240 g/mol. The van der Waals surface area contributed by atoms with Crippen LogP contribution in [0.15, 0.2) is 109 Å². The van der Waals surface area contributed by atoms with Gasteiger partial charge in [-0.2, -0.15) is 0 Å². The van der Waals surface area contributed by atoms with E-state index in [1.165, 1.54) is 19.1 Å². The molecule has 10 N–H and O–H groups in total. The molecule has 0 saturated carbocycles. The van der Waals surface area contributed by atoms with Crippen LogP contribution in [0.1, 0.15) is 146 Å². The lowest BCUT2D eigenvalue weighted by molar-refractivity contribution is -0.139. The number of fused-ring (bicyclic) bond motifs is 2. The number of amides is 3. The number of aromatic carboxylic acids is 1. The largest absolute Gasteiger partial charge is 0.507 e. The van der Waals surface area contributed by atoms with Gasteiger partial charge in [0.1, 0.15) is 58.4 Å². The zero-order valence-electron chi connectivity index (χ0n) is 57.7. The number of carboxylic acid groups (broad SMARTS) is 2. The molecule has 6 aromatic rings. The summed E-state index contributed by atoms with van der Waals surface area (Å²) in [4.78, 5) is 91.5. The number of rotatable bonds is 12. The van der Waals surface area contributed by atoms with Crippen molar-refractivity contribution in [1.29, 1.82) is 0 Å². The number of phenolic OH excluding ortho intramolecular Hbond substituents is 1. The van der Waals surface area contributed by atoms with Crippen LogP contribution in [0.25, 0.3) is 0 Å². The van der Waals surface area contributed by atoms with Crippen LogP contribution in [-0.4, -0.2) is 123 Å². The first-order valence-electron chi connectivity index (χ1n) is 30.6. The van der Waals surface area contributed by atoms with Crippen LogP contribution < -0.4 is 46.8 Å². The summed E-state index contributed by atoms with van der Waals surface area (Å²) in [7, 11) is -2.00. The molecule has 0 bridgehead atoms. The summed E-state index contributed by atoms with van der Waals surface area (Å²) in [5, 5.41) is 52.6. The number of nitrogens with two attached hydrogens (primary N) is 1. The third-order valence-electron chi connectivity index (χ3n) is 13.7. The van der Waals surface area contributed by atoms with Gasteiger partial charge in [-0.25, -0.2) is 28.8 Å². The Labute approximate surface area is 561 Å². The van der Waals surface area contributed by atoms with Crippen molar-refractivity contribution in [3.8, 4) is 23.0 Å². The first-order chi connectivity index (χ1) is 44.6. The van der Waals surface area contributed by atoms with Gasteiger partial charge in [0, 0.05) is 5.56 Å². The van der Waals surface area contributed by atoms with Crippen LogP contribution in [-0.2, 0) is 51.2 Å². The van der Waals surface area contributed by atoms with Crippen LogP contribution in [0.5, 0.6) is 23.0 Å². The molecule has 24 nitrogen and oxygen atoms in total. The standard InChI is InChI=1S/C19H20BNO5.C16H23NO4.C11H15NO2.C8H7BO4.C8H15NO4.C8H10O/c1-11-5-4-6-12(2)17(11)26-19(23)13(3)21-18(22)14-7-8-15-10-25-20(24)16(15)9-14;1-10-8-7-9-11(2)13(10)20-14(18)12(3)17-15(19)21-16(4,5)6;1-7-5-4-6-8(2)10(7)14-11(13)9(3)12;10-8(11)5-1-2-6-4-13-9(12)7(6)3-5;1-5(6(10)11)9-7(12)13-8(2,3)4;1-6-4-3-5-7(2)8(6)9/h4-9,13,24H,10H2,1-3H3,(H,21,22);7-9,12H,1-6H3,(H,17,19);4-6,9H,12H2,1-3H3;1-3,12H,4H2,(H,10,11);5H,1-4H3,(H,9,12)(H,10,11);3-5,9H,1-2H3/t13-;12-;9-;;5-;/m000.0./s1. The van der Waals surface area contributed by atoms with E-state index < -0.39 is 97.5 Å². The Hall–Kier alpha value is -9.59. The van der Waals surface area contributed by atoms with Crippen molar-refractivity contribution in [2.24, 2.45) is 5.73 Å². The summed E-state index contributed by atoms with van der Waals surface area (Å²) < 4.78 is 36.0. The highest BCUT2D eigenvalue weighted by Crippen LogP contribution is 2.26. The maximum Gasteiger partial charge on any atom is 0.491 e. The molecule has 0 unspecified atom stereocenters. The van der Waals surface area contributed by atoms with E-state index in [2.05, 4.69) is 16.0 Å². The number of carboxylic acids is 2. The Kier molecular flexibility index (Phi) is 31.0. The minimum atomic E-state index is -1.09. The summed E-state index contributed by atoms with van der Waals surface area (Å²) >= 11 is 0. The van der Waals surface area contributed by atoms with Crippen molar-refractivity contribution in [2.75, 3.05) is 0 Å². The van der Waals surface area contributed by atoms with Gasteiger partial charge in [0.05, 0.1) is 18.8 Å². The molecule has 8 rings (SSSR count). The fourth-order valence-corrected chi connectivity index (χ4v) is 8.39. The Morgan fingerprint density at radius 2 is 0.781 bits per heavy atom. The molecular formula is C70H90B2N4O20. The van der Waals surface area contributed by atoms with Crippen molar-refractivity contribution in [2.45, 2.75) is 173 Å². The van der Waals surface area contributed by atoms with Crippen molar-refractivity contribution < 1.29 is 96.7 Å². The van der Waals surface area contributed by atoms with E-state index in [4.69, 9.17) is 48.9 Å².